The van der Waals surface area contributed by atoms with Gasteiger partial charge in [-0.05, 0) is 13.3 Å². The van der Waals surface area contributed by atoms with Gasteiger partial charge in [-0.1, -0.05) is 6.08 Å². The van der Waals surface area contributed by atoms with Crippen molar-refractivity contribution < 1.29 is 9.78 Å². The minimum absolute atomic E-state index is 0.363. The standard InChI is InChI=1S/C7H15NO2/c1-4-5-7(2,8)6-10-9-3/h4H,1,5-6,8H2,2-3H3. The van der Waals surface area contributed by atoms with Crippen molar-refractivity contribution in [2.45, 2.75) is 18.9 Å². The van der Waals surface area contributed by atoms with Gasteiger partial charge in [0.05, 0.1) is 7.11 Å². The third-order valence-electron chi connectivity index (χ3n) is 1.12. The van der Waals surface area contributed by atoms with Crippen molar-refractivity contribution in [1.82, 2.24) is 0 Å². The highest BCUT2D eigenvalue weighted by Crippen LogP contribution is 2.05. The summed E-state index contributed by atoms with van der Waals surface area (Å²) in [6.07, 6.45) is 2.48. The summed E-state index contributed by atoms with van der Waals surface area (Å²) in [5.41, 5.74) is 5.37. The van der Waals surface area contributed by atoms with Gasteiger partial charge in [-0.25, -0.2) is 9.78 Å². The molecule has 0 rings (SSSR count). The van der Waals surface area contributed by atoms with E-state index in [2.05, 4.69) is 16.4 Å². The van der Waals surface area contributed by atoms with Crippen LogP contribution in [0.25, 0.3) is 0 Å². The van der Waals surface area contributed by atoms with Crippen LogP contribution in [0.5, 0.6) is 0 Å². The molecule has 0 spiro atoms. The monoisotopic (exact) mass is 145 g/mol. The molecule has 0 aromatic carbocycles. The Morgan fingerprint density at radius 2 is 2.30 bits per heavy atom. The van der Waals surface area contributed by atoms with Crippen LogP contribution < -0.4 is 5.73 Å². The van der Waals surface area contributed by atoms with Gasteiger partial charge in [0.1, 0.15) is 6.61 Å². The smallest absolute Gasteiger partial charge is 0.100 e. The Hall–Kier alpha value is -0.380. The SMILES string of the molecule is C=CCC(C)(N)COOC. The highest BCUT2D eigenvalue weighted by Gasteiger charge is 2.16. The van der Waals surface area contributed by atoms with Crippen LogP contribution in [0.3, 0.4) is 0 Å². The van der Waals surface area contributed by atoms with Crippen molar-refractivity contribution in [3.05, 3.63) is 12.7 Å². The maximum atomic E-state index is 5.74. The van der Waals surface area contributed by atoms with Crippen molar-refractivity contribution in [1.29, 1.82) is 0 Å². The van der Waals surface area contributed by atoms with Crippen LogP contribution in [0.4, 0.5) is 0 Å². The van der Waals surface area contributed by atoms with Crippen LogP contribution in [-0.2, 0) is 9.78 Å². The van der Waals surface area contributed by atoms with E-state index >= 15 is 0 Å². The van der Waals surface area contributed by atoms with E-state index in [-0.39, 0.29) is 5.54 Å². The van der Waals surface area contributed by atoms with E-state index in [1.807, 2.05) is 6.92 Å². The molecule has 0 amide bonds. The van der Waals surface area contributed by atoms with Gasteiger partial charge in [0.2, 0.25) is 0 Å². The summed E-state index contributed by atoms with van der Waals surface area (Å²) >= 11 is 0. The molecule has 0 aliphatic heterocycles. The molecule has 1 atom stereocenters. The topological polar surface area (TPSA) is 44.5 Å². The zero-order valence-electron chi connectivity index (χ0n) is 6.59. The average Bonchev–Trinajstić information content (AvgIpc) is 1.84. The molecule has 10 heavy (non-hydrogen) atoms. The third kappa shape index (κ3) is 4.49. The summed E-state index contributed by atoms with van der Waals surface area (Å²) in [5, 5.41) is 0. The predicted octanol–water partition coefficient (Wildman–Crippen LogP) is 0.858. The van der Waals surface area contributed by atoms with Gasteiger partial charge in [0.15, 0.2) is 0 Å². The number of hydrogen-bond acceptors (Lipinski definition) is 3. The molecule has 0 saturated carbocycles. The molecule has 60 valence electrons. The maximum Gasteiger partial charge on any atom is 0.100 e. The van der Waals surface area contributed by atoms with Gasteiger partial charge in [-0.15, -0.1) is 6.58 Å². The second kappa shape index (κ2) is 4.44. The Balaban J connectivity index is 3.51. The first-order valence-electron chi connectivity index (χ1n) is 3.18. The van der Waals surface area contributed by atoms with Crippen LogP contribution in [0.2, 0.25) is 0 Å². The maximum absolute atomic E-state index is 5.74. The molecule has 3 heteroatoms. The highest BCUT2D eigenvalue weighted by atomic mass is 17.2. The number of hydrogen-bond donors (Lipinski definition) is 1. The Morgan fingerprint density at radius 1 is 1.70 bits per heavy atom. The van der Waals surface area contributed by atoms with E-state index in [1.165, 1.54) is 7.11 Å². The molecular formula is C7H15NO2. The molecular weight excluding hydrogens is 130 g/mol. The van der Waals surface area contributed by atoms with Crippen molar-refractivity contribution in [2.75, 3.05) is 13.7 Å². The zero-order valence-corrected chi connectivity index (χ0v) is 6.59. The van der Waals surface area contributed by atoms with Crippen molar-refractivity contribution in [2.24, 2.45) is 5.73 Å². The summed E-state index contributed by atoms with van der Waals surface area (Å²) in [6, 6.07) is 0. The van der Waals surface area contributed by atoms with Crippen LogP contribution in [0.1, 0.15) is 13.3 Å². The van der Waals surface area contributed by atoms with E-state index < -0.39 is 0 Å². The minimum atomic E-state index is -0.363. The fraction of sp³-hybridized carbons (Fsp3) is 0.714. The normalized spacial score (nSPS) is 16.3. The molecule has 0 heterocycles. The van der Waals surface area contributed by atoms with Crippen LogP contribution in [-0.4, -0.2) is 19.3 Å². The van der Waals surface area contributed by atoms with E-state index in [0.29, 0.717) is 6.61 Å². The second-order valence-electron chi connectivity index (χ2n) is 2.58. The van der Waals surface area contributed by atoms with Gasteiger partial charge in [-0.2, -0.15) is 0 Å². The lowest BCUT2D eigenvalue weighted by atomic mass is 10.0. The van der Waals surface area contributed by atoms with Crippen LogP contribution >= 0.6 is 0 Å². The van der Waals surface area contributed by atoms with E-state index in [1.54, 1.807) is 6.08 Å². The largest absolute Gasteiger partial charge is 0.323 e. The molecule has 1 unspecified atom stereocenters. The Kier molecular flexibility index (Phi) is 4.27. The van der Waals surface area contributed by atoms with E-state index in [9.17, 15) is 0 Å². The lowest BCUT2D eigenvalue weighted by molar-refractivity contribution is -0.280. The molecule has 0 saturated heterocycles. The first kappa shape index (κ1) is 9.62. The van der Waals surface area contributed by atoms with Gasteiger partial charge in [0, 0.05) is 5.54 Å². The van der Waals surface area contributed by atoms with E-state index in [0.717, 1.165) is 6.42 Å². The van der Waals surface area contributed by atoms with Crippen molar-refractivity contribution in [3.8, 4) is 0 Å². The molecule has 0 aromatic heterocycles. The summed E-state index contributed by atoms with van der Waals surface area (Å²) < 4.78 is 0. The van der Waals surface area contributed by atoms with E-state index in [4.69, 9.17) is 5.73 Å². The van der Waals surface area contributed by atoms with Crippen molar-refractivity contribution >= 4 is 0 Å². The first-order chi connectivity index (χ1) is 4.62. The molecule has 0 radical (unpaired) electrons. The first-order valence-corrected chi connectivity index (χ1v) is 3.18. The summed E-state index contributed by atoms with van der Waals surface area (Å²) in [7, 11) is 1.46. The Labute approximate surface area is 61.7 Å². The summed E-state index contributed by atoms with van der Waals surface area (Å²) in [6.45, 7) is 5.84. The quantitative estimate of drug-likeness (QED) is 0.354. The number of nitrogens with two attached hydrogens (primary N) is 1. The van der Waals surface area contributed by atoms with Crippen LogP contribution in [0.15, 0.2) is 12.7 Å². The molecule has 0 aliphatic rings. The minimum Gasteiger partial charge on any atom is -0.323 e. The summed E-state index contributed by atoms with van der Waals surface area (Å²) in [4.78, 5) is 9.09. The van der Waals surface area contributed by atoms with Gasteiger partial charge < -0.3 is 5.73 Å². The lowest BCUT2D eigenvalue weighted by Crippen LogP contribution is -2.40. The zero-order chi connectivity index (χ0) is 8.04. The molecule has 3 nitrogen and oxygen atoms in total. The predicted molar refractivity (Wildman–Crippen MR) is 40.4 cm³/mol. The molecule has 0 fully saturated rings. The van der Waals surface area contributed by atoms with Gasteiger partial charge in [0.25, 0.3) is 0 Å². The van der Waals surface area contributed by atoms with Crippen LogP contribution in [0, 0.1) is 0 Å². The average molecular weight is 145 g/mol. The Morgan fingerprint density at radius 3 is 2.70 bits per heavy atom. The molecule has 0 bridgehead atoms. The third-order valence-corrected chi connectivity index (χ3v) is 1.12. The Bertz CT molecular complexity index is 102. The molecule has 0 aliphatic carbocycles. The van der Waals surface area contributed by atoms with Crippen molar-refractivity contribution in [3.63, 3.8) is 0 Å². The fourth-order valence-corrected chi connectivity index (χ4v) is 0.582. The van der Waals surface area contributed by atoms with Gasteiger partial charge >= 0.3 is 0 Å². The lowest BCUT2D eigenvalue weighted by Gasteiger charge is -2.20. The number of rotatable bonds is 5. The molecule has 0 aromatic rings. The highest BCUT2D eigenvalue weighted by molar-refractivity contribution is 4.86. The summed E-state index contributed by atoms with van der Waals surface area (Å²) in [5.74, 6) is 0. The molecule has 2 N–H and O–H groups in total. The fourth-order valence-electron chi connectivity index (χ4n) is 0.582. The van der Waals surface area contributed by atoms with Gasteiger partial charge in [-0.3, -0.25) is 0 Å². The second-order valence-corrected chi connectivity index (χ2v) is 2.58.